The third kappa shape index (κ3) is 4.71. The maximum absolute atomic E-state index is 13.8. The number of benzene rings is 2. The Kier molecular flexibility index (Phi) is 6.68. The van der Waals surface area contributed by atoms with Crippen LogP contribution in [0.5, 0.6) is 0 Å². The molecule has 6 rings (SSSR count). The Balaban J connectivity index is 1.21. The van der Waals surface area contributed by atoms with Crippen LogP contribution in [0.15, 0.2) is 59.5 Å². The van der Waals surface area contributed by atoms with E-state index in [1.54, 1.807) is 16.8 Å². The number of aromatic nitrogens is 6. The van der Waals surface area contributed by atoms with E-state index in [4.69, 9.17) is 11.6 Å². The zero-order chi connectivity index (χ0) is 27.1. The molecule has 0 spiro atoms. The van der Waals surface area contributed by atoms with Gasteiger partial charge < -0.3 is 5.32 Å². The van der Waals surface area contributed by atoms with Crippen molar-refractivity contribution < 1.29 is 4.79 Å². The maximum atomic E-state index is 13.8. The number of nitrogens with one attached hydrogen (secondary N) is 1. The van der Waals surface area contributed by atoms with E-state index in [2.05, 4.69) is 20.6 Å². The number of rotatable bonds is 6. The smallest absolute Gasteiger partial charge is 0.333 e. The molecule has 0 unspecified atom stereocenters. The molecular formula is C29H30ClN7O2. The van der Waals surface area contributed by atoms with Gasteiger partial charge in [-0.15, -0.1) is 5.10 Å². The number of hydrogen-bond acceptors (Lipinski definition) is 5. The van der Waals surface area contributed by atoms with Crippen LogP contribution in [0.25, 0.3) is 27.8 Å². The van der Waals surface area contributed by atoms with Crippen LogP contribution in [0, 0.1) is 12.8 Å². The summed E-state index contributed by atoms with van der Waals surface area (Å²) in [4.78, 5) is 30.8. The molecule has 3 aromatic heterocycles. The highest BCUT2D eigenvalue weighted by Crippen LogP contribution is 2.28. The van der Waals surface area contributed by atoms with Gasteiger partial charge in [0.2, 0.25) is 0 Å². The summed E-state index contributed by atoms with van der Waals surface area (Å²) in [5, 5.41) is 12.1. The fraction of sp³-hybridized carbons (Fsp3) is 0.345. The molecule has 1 aliphatic rings. The molecule has 10 heteroatoms. The number of fused-ring (bicyclic) bond motifs is 2. The molecule has 0 saturated heterocycles. The molecule has 0 atom stereocenters. The lowest BCUT2D eigenvalue weighted by atomic mass is 9.85. The topological polar surface area (TPSA) is 99.6 Å². The second-order valence-electron chi connectivity index (χ2n) is 10.3. The zero-order valence-corrected chi connectivity index (χ0v) is 22.7. The lowest BCUT2D eigenvalue weighted by molar-refractivity contribution is 0.0919. The zero-order valence-electron chi connectivity index (χ0n) is 22.0. The molecule has 1 N–H and O–H groups in total. The van der Waals surface area contributed by atoms with E-state index < -0.39 is 0 Å². The van der Waals surface area contributed by atoms with Crippen molar-refractivity contribution >= 4 is 39.6 Å². The molecule has 0 aliphatic heterocycles. The number of carbonyl (C=O) groups is 1. The van der Waals surface area contributed by atoms with Gasteiger partial charge in [-0.05, 0) is 81.8 Å². The van der Waals surface area contributed by atoms with Crippen LogP contribution in [0.3, 0.4) is 0 Å². The predicted octanol–water partition coefficient (Wildman–Crippen LogP) is 4.90. The van der Waals surface area contributed by atoms with Crippen LogP contribution in [0.1, 0.15) is 48.7 Å². The summed E-state index contributed by atoms with van der Waals surface area (Å²) in [5.74, 6) is 0.206. The number of para-hydroxylation sites is 2. The Hall–Kier alpha value is -3.98. The quantitative estimate of drug-likeness (QED) is 0.328. The minimum Gasteiger partial charge on any atom is -0.349 e. The van der Waals surface area contributed by atoms with E-state index >= 15 is 0 Å². The van der Waals surface area contributed by atoms with Crippen molar-refractivity contribution in [3.8, 4) is 5.69 Å². The summed E-state index contributed by atoms with van der Waals surface area (Å²) in [6.07, 6.45) is 5.12. The van der Waals surface area contributed by atoms with E-state index in [0.717, 1.165) is 60.0 Å². The highest BCUT2D eigenvalue weighted by molar-refractivity contribution is 6.30. The fourth-order valence-corrected chi connectivity index (χ4v) is 5.87. The highest BCUT2D eigenvalue weighted by Gasteiger charge is 2.26. The van der Waals surface area contributed by atoms with Gasteiger partial charge in [-0.3, -0.25) is 18.9 Å². The van der Waals surface area contributed by atoms with Gasteiger partial charge >= 0.3 is 5.69 Å². The largest absolute Gasteiger partial charge is 0.349 e. The number of amides is 1. The number of carbonyl (C=O) groups excluding carboxylic acids is 1. The van der Waals surface area contributed by atoms with E-state index in [0.29, 0.717) is 28.7 Å². The SMILES string of the molecule is CCn1nnc2cc(-n3c(=O)n(CC4CCC(NC(=O)c5cc(Cl)cnc5C)CC4)c4ccccc43)ccc21. The number of hydrogen-bond donors (Lipinski definition) is 1. The highest BCUT2D eigenvalue weighted by atomic mass is 35.5. The standard InChI is InChI=1S/C29H30ClN7O2/c1-3-36-25-13-12-22(15-24(25)33-34-36)37-27-7-5-4-6-26(27)35(29(37)39)17-19-8-10-21(11-9-19)32-28(38)23-14-20(30)16-31-18(23)2/h4-7,12-16,19,21H,3,8-11,17H2,1-2H3,(H,32,38). The van der Waals surface area contributed by atoms with E-state index in [-0.39, 0.29) is 17.6 Å². The van der Waals surface area contributed by atoms with Crippen molar-refractivity contribution in [2.24, 2.45) is 5.92 Å². The number of pyridine rings is 1. The Labute approximate surface area is 230 Å². The first-order valence-corrected chi connectivity index (χ1v) is 13.8. The molecule has 3 heterocycles. The third-order valence-corrected chi connectivity index (χ3v) is 8.02. The van der Waals surface area contributed by atoms with Gasteiger partial charge in [0.1, 0.15) is 5.52 Å². The minimum absolute atomic E-state index is 0.0576. The van der Waals surface area contributed by atoms with Gasteiger partial charge in [0, 0.05) is 25.3 Å². The van der Waals surface area contributed by atoms with Crippen LogP contribution in [0.2, 0.25) is 5.02 Å². The second-order valence-corrected chi connectivity index (χ2v) is 10.7. The molecule has 1 aliphatic carbocycles. The average molecular weight is 544 g/mol. The van der Waals surface area contributed by atoms with Gasteiger partial charge in [0.05, 0.1) is 38.5 Å². The monoisotopic (exact) mass is 543 g/mol. The van der Waals surface area contributed by atoms with Gasteiger partial charge in [-0.1, -0.05) is 28.9 Å². The average Bonchev–Trinajstić information content (AvgIpc) is 3.48. The molecule has 5 aromatic rings. The number of aryl methyl sites for hydroxylation is 2. The van der Waals surface area contributed by atoms with Crippen LogP contribution in [0.4, 0.5) is 0 Å². The molecule has 1 fully saturated rings. The van der Waals surface area contributed by atoms with Crippen LogP contribution in [-0.4, -0.2) is 41.1 Å². The molecule has 1 amide bonds. The summed E-state index contributed by atoms with van der Waals surface area (Å²) in [6, 6.07) is 15.5. The lowest BCUT2D eigenvalue weighted by Gasteiger charge is -2.29. The normalized spacial score (nSPS) is 17.6. The van der Waals surface area contributed by atoms with Gasteiger partial charge in [0.15, 0.2) is 0 Å². The van der Waals surface area contributed by atoms with E-state index in [9.17, 15) is 9.59 Å². The van der Waals surface area contributed by atoms with Crippen LogP contribution < -0.4 is 11.0 Å². The maximum Gasteiger partial charge on any atom is 0.333 e. The van der Waals surface area contributed by atoms with E-state index in [1.165, 1.54) is 0 Å². The van der Waals surface area contributed by atoms with E-state index in [1.807, 2.05) is 65.6 Å². The summed E-state index contributed by atoms with van der Waals surface area (Å²) in [7, 11) is 0. The molecule has 9 nitrogen and oxygen atoms in total. The molecule has 0 bridgehead atoms. The molecule has 1 saturated carbocycles. The molecule has 0 radical (unpaired) electrons. The first-order valence-electron chi connectivity index (χ1n) is 13.4. The second kappa shape index (κ2) is 10.3. The Morgan fingerprint density at radius 3 is 2.59 bits per heavy atom. The lowest BCUT2D eigenvalue weighted by Crippen LogP contribution is -2.39. The molecule has 200 valence electrons. The summed E-state index contributed by atoms with van der Waals surface area (Å²) >= 11 is 6.05. The van der Waals surface area contributed by atoms with Crippen LogP contribution in [-0.2, 0) is 13.1 Å². The Bertz CT molecular complexity index is 1740. The van der Waals surface area contributed by atoms with Gasteiger partial charge in [-0.2, -0.15) is 0 Å². The van der Waals surface area contributed by atoms with Crippen molar-refractivity contribution in [2.45, 2.75) is 58.7 Å². The summed E-state index contributed by atoms with van der Waals surface area (Å²) in [6.45, 7) is 5.21. The Morgan fingerprint density at radius 1 is 1.05 bits per heavy atom. The molecular weight excluding hydrogens is 514 g/mol. The number of nitrogens with zero attached hydrogens (tertiary/aromatic N) is 6. The van der Waals surface area contributed by atoms with Crippen molar-refractivity contribution in [3.63, 3.8) is 0 Å². The number of halogens is 1. The third-order valence-electron chi connectivity index (χ3n) is 7.81. The van der Waals surface area contributed by atoms with Gasteiger partial charge in [0.25, 0.3) is 5.91 Å². The van der Waals surface area contributed by atoms with Crippen LogP contribution >= 0.6 is 11.6 Å². The van der Waals surface area contributed by atoms with Crippen molar-refractivity contribution in [1.29, 1.82) is 0 Å². The van der Waals surface area contributed by atoms with Crippen molar-refractivity contribution in [1.82, 2.24) is 34.4 Å². The minimum atomic E-state index is -0.138. The molecule has 2 aromatic carbocycles. The van der Waals surface area contributed by atoms with Crippen molar-refractivity contribution in [2.75, 3.05) is 0 Å². The molecule has 39 heavy (non-hydrogen) atoms. The fourth-order valence-electron chi connectivity index (χ4n) is 5.72. The predicted molar refractivity (Wildman–Crippen MR) is 151 cm³/mol. The van der Waals surface area contributed by atoms with Crippen molar-refractivity contribution in [3.05, 3.63) is 81.5 Å². The van der Waals surface area contributed by atoms with Gasteiger partial charge in [-0.25, -0.2) is 9.48 Å². The summed E-state index contributed by atoms with van der Waals surface area (Å²) < 4.78 is 5.51. The Morgan fingerprint density at radius 2 is 1.82 bits per heavy atom. The summed E-state index contributed by atoms with van der Waals surface area (Å²) in [5.41, 5.74) is 5.40. The first-order chi connectivity index (χ1) is 18.9. The first kappa shape index (κ1) is 25.3. The number of imidazole rings is 1.